The van der Waals surface area contributed by atoms with Crippen LogP contribution in [0, 0.1) is 0 Å². The number of anilines is 1. The van der Waals surface area contributed by atoms with E-state index in [0.717, 1.165) is 74.1 Å². The van der Waals surface area contributed by atoms with Gasteiger partial charge in [0.2, 0.25) is 5.91 Å². The number of carbonyl (C=O) groups excluding carboxylic acids is 2. The Morgan fingerprint density at radius 1 is 1.12 bits per heavy atom. The first-order chi connectivity index (χ1) is 11.7. The van der Waals surface area contributed by atoms with Gasteiger partial charge in [0, 0.05) is 17.5 Å². The third kappa shape index (κ3) is 3.49. The van der Waals surface area contributed by atoms with Crippen LogP contribution in [-0.4, -0.2) is 30.6 Å². The van der Waals surface area contributed by atoms with Crippen LogP contribution in [-0.2, 0) is 22.4 Å². The Bertz CT molecular complexity index is 645. The summed E-state index contributed by atoms with van der Waals surface area (Å²) in [7, 11) is 0. The van der Waals surface area contributed by atoms with Crippen LogP contribution in [0.25, 0.3) is 0 Å². The molecule has 0 radical (unpaired) electrons. The van der Waals surface area contributed by atoms with E-state index in [0.29, 0.717) is 12.5 Å². The number of ether oxygens (including phenoxy) is 1. The topological polar surface area (TPSA) is 67.4 Å². The molecule has 0 unspecified atom stereocenters. The lowest BCUT2D eigenvalue weighted by molar-refractivity contribution is -0.119. The average molecular weight is 348 g/mol. The van der Waals surface area contributed by atoms with Gasteiger partial charge in [0.15, 0.2) is 0 Å². The molecule has 1 saturated heterocycles. The molecule has 1 aromatic heterocycles. The van der Waals surface area contributed by atoms with Crippen LogP contribution in [0.3, 0.4) is 0 Å². The summed E-state index contributed by atoms with van der Waals surface area (Å²) < 4.78 is 5.65. The minimum absolute atomic E-state index is 0.0129. The highest BCUT2D eigenvalue weighted by Gasteiger charge is 2.31. The molecule has 1 aromatic rings. The van der Waals surface area contributed by atoms with E-state index in [1.54, 1.807) is 11.3 Å². The van der Waals surface area contributed by atoms with E-state index < -0.39 is 0 Å². The van der Waals surface area contributed by atoms with E-state index in [-0.39, 0.29) is 17.9 Å². The fourth-order valence-electron chi connectivity index (χ4n) is 3.57. The molecule has 3 aliphatic rings. The quantitative estimate of drug-likeness (QED) is 0.859. The lowest BCUT2D eigenvalue weighted by Crippen LogP contribution is -2.28. The number of thiophene rings is 1. The van der Waals surface area contributed by atoms with Crippen molar-refractivity contribution >= 4 is 28.2 Å². The molecule has 0 aromatic carbocycles. The predicted octanol–water partition coefficient (Wildman–Crippen LogP) is 3.03. The predicted molar refractivity (Wildman–Crippen MR) is 93.7 cm³/mol. The van der Waals surface area contributed by atoms with Gasteiger partial charge >= 0.3 is 0 Å². The van der Waals surface area contributed by atoms with Crippen LogP contribution in [0.4, 0.5) is 5.00 Å². The number of rotatable bonds is 5. The molecule has 2 amide bonds. The molecule has 2 heterocycles. The molecule has 4 rings (SSSR count). The molecule has 2 aliphatic carbocycles. The molecule has 6 heteroatoms. The number of fused-ring (bicyclic) bond motifs is 1. The molecule has 1 aliphatic heterocycles. The third-order valence-corrected chi connectivity index (χ3v) is 6.21. The molecule has 5 nitrogen and oxygen atoms in total. The lowest BCUT2D eigenvalue weighted by atomic mass is 10.1. The molecule has 1 atom stereocenters. The first-order valence-electron chi connectivity index (χ1n) is 9.07. The van der Waals surface area contributed by atoms with Crippen LogP contribution in [0.2, 0.25) is 0 Å². The second-order valence-electron chi connectivity index (χ2n) is 7.05. The number of amides is 2. The van der Waals surface area contributed by atoms with E-state index in [4.69, 9.17) is 4.74 Å². The van der Waals surface area contributed by atoms with E-state index in [1.807, 2.05) is 0 Å². The molecule has 130 valence electrons. The van der Waals surface area contributed by atoms with E-state index in [1.165, 1.54) is 4.88 Å². The molecular weight excluding hydrogens is 324 g/mol. The fourth-order valence-corrected chi connectivity index (χ4v) is 4.87. The van der Waals surface area contributed by atoms with E-state index in [9.17, 15) is 9.59 Å². The first kappa shape index (κ1) is 16.1. The maximum Gasteiger partial charge on any atom is 0.254 e. The standard InChI is InChI=1S/C18H24N2O3S/c21-15(10-12-4-1-2-9-23-12)20-18-16(17(22)19-11-7-8-11)13-5-3-6-14(13)24-18/h11-12H,1-10H2,(H,19,22)(H,20,21)/t12-/m1/s1. The van der Waals surface area contributed by atoms with Crippen LogP contribution in [0.15, 0.2) is 0 Å². The maximum absolute atomic E-state index is 12.6. The molecule has 0 spiro atoms. The van der Waals surface area contributed by atoms with Gasteiger partial charge in [-0.2, -0.15) is 0 Å². The van der Waals surface area contributed by atoms with E-state index >= 15 is 0 Å². The van der Waals surface area contributed by atoms with Crippen molar-refractivity contribution in [2.75, 3.05) is 11.9 Å². The third-order valence-electron chi connectivity index (χ3n) is 5.00. The van der Waals surface area contributed by atoms with Gasteiger partial charge in [-0.1, -0.05) is 0 Å². The Labute approximate surface area is 146 Å². The number of hydrogen-bond acceptors (Lipinski definition) is 4. The van der Waals surface area contributed by atoms with Crippen LogP contribution < -0.4 is 10.6 Å². The normalized spacial score (nSPS) is 22.9. The Hall–Kier alpha value is -1.40. The second-order valence-corrected chi connectivity index (χ2v) is 8.16. The minimum atomic E-state index is -0.0395. The van der Waals surface area contributed by atoms with Crippen molar-refractivity contribution in [2.24, 2.45) is 0 Å². The fraction of sp³-hybridized carbons (Fsp3) is 0.667. The van der Waals surface area contributed by atoms with Gasteiger partial charge in [0.25, 0.3) is 5.91 Å². The molecule has 2 fully saturated rings. The highest BCUT2D eigenvalue weighted by molar-refractivity contribution is 7.17. The minimum Gasteiger partial charge on any atom is -0.378 e. The number of hydrogen-bond donors (Lipinski definition) is 2. The van der Waals surface area contributed by atoms with Gasteiger partial charge in [-0.25, -0.2) is 0 Å². The lowest BCUT2D eigenvalue weighted by Gasteiger charge is -2.21. The summed E-state index contributed by atoms with van der Waals surface area (Å²) in [5.41, 5.74) is 1.87. The zero-order valence-corrected chi connectivity index (χ0v) is 14.7. The Kier molecular flexibility index (Phi) is 4.59. The zero-order chi connectivity index (χ0) is 16.5. The molecule has 0 bridgehead atoms. The Morgan fingerprint density at radius 3 is 2.75 bits per heavy atom. The van der Waals surface area contributed by atoms with Crippen molar-refractivity contribution in [3.63, 3.8) is 0 Å². The summed E-state index contributed by atoms with van der Waals surface area (Å²) >= 11 is 1.58. The maximum atomic E-state index is 12.6. The smallest absolute Gasteiger partial charge is 0.254 e. The summed E-state index contributed by atoms with van der Waals surface area (Å²) in [6, 6.07) is 0.327. The van der Waals surface area contributed by atoms with Gasteiger partial charge in [-0.15, -0.1) is 11.3 Å². The highest BCUT2D eigenvalue weighted by Crippen LogP contribution is 2.39. The summed E-state index contributed by atoms with van der Waals surface area (Å²) in [6.45, 7) is 0.750. The number of carbonyl (C=O) groups is 2. The van der Waals surface area contributed by atoms with Gasteiger partial charge in [-0.3, -0.25) is 9.59 Å². The van der Waals surface area contributed by atoms with Gasteiger partial charge in [-0.05, 0) is 56.9 Å². The molecule has 2 N–H and O–H groups in total. The number of aryl methyl sites for hydroxylation is 1. The van der Waals surface area contributed by atoms with Crippen molar-refractivity contribution < 1.29 is 14.3 Å². The Balaban J connectivity index is 1.47. The second kappa shape index (κ2) is 6.84. The van der Waals surface area contributed by atoms with Crippen molar-refractivity contribution in [3.05, 3.63) is 16.0 Å². The van der Waals surface area contributed by atoms with Gasteiger partial charge in [0.1, 0.15) is 5.00 Å². The SMILES string of the molecule is O=C(C[C@H]1CCCCO1)Nc1sc2c(c1C(=O)NC1CC1)CCC2. The van der Waals surface area contributed by atoms with Gasteiger partial charge < -0.3 is 15.4 Å². The molecule has 1 saturated carbocycles. The number of nitrogens with one attached hydrogen (secondary N) is 2. The van der Waals surface area contributed by atoms with Crippen molar-refractivity contribution in [1.29, 1.82) is 0 Å². The Morgan fingerprint density at radius 2 is 2.00 bits per heavy atom. The van der Waals surface area contributed by atoms with Crippen LogP contribution >= 0.6 is 11.3 Å². The summed E-state index contributed by atoms with van der Waals surface area (Å²) in [5.74, 6) is -0.0524. The summed E-state index contributed by atoms with van der Waals surface area (Å²) in [4.78, 5) is 26.3. The highest BCUT2D eigenvalue weighted by atomic mass is 32.1. The van der Waals surface area contributed by atoms with E-state index in [2.05, 4.69) is 10.6 Å². The van der Waals surface area contributed by atoms with Crippen molar-refractivity contribution in [3.8, 4) is 0 Å². The van der Waals surface area contributed by atoms with Crippen molar-refractivity contribution in [2.45, 2.75) is 69.9 Å². The van der Waals surface area contributed by atoms with Crippen LogP contribution in [0.5, 0.6) is 0 Å². The van der Waals surface area contributed by atoms with Crippen molar-refractivity contribution in [1.82, 2.24) is 5.32 Å². The molecular formula is C18H24N2O3S. The summed E-state index contributed by atoms with van der Waals surface area (Å²) in [6.07, 6.45) is 8.77. The average Bonchev–Trinajstić information content (AvgIpc) is 3.14. The van der Waals surface area contributed by atoms with Gasteiger partial charge in [0.05, 0.1) is 18.1 Å². The zero-order valence-electron chi connectivity index (χ0n) is 13.9. The monoisotopic (exact) mass is 348 g/mol. The molecule has 24 heavy (non-hydrogen) atoms. The first-order valence-corrected chi connectivity index (χ1v) is 9.89. The van der Waals surface area contributed by atoms with Crippen LogP contribution in [0.1, 0.15) is 65.7 Å². The largest absolute Gasteiger partial charge is 0.378 e. The summed E-state index contributed by atoms with van der Waals surface area (Å²) in [5, 5.41) is 6.81.